The average Bonchev–Trinajstić information content (AvgIpc) is 2.01. The second kappa shape index (κ2) is 3.75. The van der Waals surface area contributed by atoms with Gasteiger partial charge in [0.15, 0.2) is 0 Å². The summed E-state index contributed by atoms with van der Waals surface area (Å²) in [5.41, 5.74) is 6.19. The van der Waals surface area contributed by atoms with Crippen LogP contribution in [0.2, 0.25) is 0 Å². The molecule has 0 amide bonds. The predicted octanol–water partition coefficient (Wildman–Crippen LogP) is 1.05. The molecule has 60 valence electrons. The number of nitrogens with two attached hydrogens (primary N) is 1. The van der Waals surface area contributed by atoms with Crippen LogP contribution in [0.15, 0.2) is 18.3 Å². The molecule has 3 nitrogen and oxygen atoms in total. The molecule has 0 atom stereocenters. The Morgan fingerprint density at radius 2 is 2.45 bits per heavy atom. The maximum absolute atomic E-state index is 11.7. The number of hydrogen-bond donors (Lipinski definition) is 2. The molecule has 3 N–H and O–H groups in total. The quantitative estimate of drug-likeness (QED) is 0.685. The van der Waals surface area contributed by atoms with Crippen molar-refractivity contribution in [2.75, 3.05) is 24.3 Å². The van der Waals surface area contributed by atoms with Gasteiger partial charge in [-0.1, -0.05) is 0 Å². The highest BCUT2D eigenvalue weighted by atomic mass is 19.1. The molecule has 0 aliphatic heterocycles. The van der Waals surface area contributed by atoms with Gasteiger partial charge in [-0.05, 0) is 6.07 Å². The van der Waals surface area contributed by atoms with Gasteiger partial charge in [0, 0.05) is 24.5 Å². The van der Waals surface area contributed by atoms with Gasteiger partial charge in [0.1, 0.15) is 12.5 Å². The minimum absolute atomic E-state index is 0.309. The number of aromatic nitrogens is 1. The first-order valence-electron chi connectivity index (χ1n) is 3.34. The fourth-order valence-electron chi connectivity index (χ4n) is 0.750. The molecule has 1 aromatic rings. The molecule has 0 unspecified atom stereocenters. The maximum Gasteiger partial charge on any atom is 0.125 e. The molecule has 1 heterocycles. The number of alkyl halides is 1. The third-order valence-corrected chi connectivity index (χ3v) is 1.20. The first-order chi connectivity index (χ1) is 5.33. The zero-order chi connectivity index (χ0) is 8.10. The van der Waals surface area contributed by atoms with Crippen molar-refractivity contribution in [3.8, 4) is 0 Å². The molecular formula is C7H10FN3. The normalized spacial score (nSPS) is 9.55. The Hall–Kier alpha value is -1.32. The van der Waals surface area contributed by atoms with Crippen molar-refractivity contribution in [3.05, 3.63) is 18.3 Å². The number of anilines is 2. The van der Waals surface area contributed by atoms with E-state index in [1.807, 2.05) is 0 Å². The van der Waals surface area contributed by atoms with Crippen LogP contribution in [0.25, 0.3) is 0 Å². The molecule has 11 heavy (non-hydrogen) atoms. The van der Waals surface area contributed by atoms with Crippen molar-refractivity contribution in [2.45, 2.75) is 0 Å². The largest absolute Gasteiger partial charge is 0.384 e. The molecule has 0 aliphatic rings. The molecule has 0 aromatic carbocycles. The van der Waals surface area contributed by atoms with E-state index >= 15 is 0 Å². The summed E-state index contributed by atoms with van der Waals surface area (Å²) >= 11 is 0. The Kier molecular flexibility index (Phi) is 2.66. The number of nitrogen functional groups attached to an aromatic ring is 1. The summed E-state index contributed by atoms with van der Waals surface area (Å²) in [4.78, 5) is 3.79. The van der Waals surface area contributed by atoms with Gasteiger partial charge in [-0.2, -0.15) is 0 Å². The number of nitrogens with one attached hydrogen (secondary N) is 1. The summed E-state index contributed by atoms with van der Waals surface area (Å²) in [6, 6.07) is 3.40. The molecule has 0 bridgehead atoms. The van der Waals surface area contributed by atoms with Crippen molar-refractivity contribution >= 4 is 11.5 Å². The van der Waals surface area contributed by atoms with Gasteiger partial charge in [-0.3, -0.25) is 0 Å². The molecule has 1 rings (SSSR count). The molecule has 4 heteroatoms. The van der Waals surface area contributed by atoms with Crippen molar-refractivity contribution in [1.29, 1.82) is 0 Å². The van der Waals surface area contributed by atoms with Crippen LogP contribution in [0.1, 0.15) is 0 Å². The number of rotatable bonds is 3. The predicted molar refractivity (Wildman–Crippen MR) is 43.1 cm³/mol. The highest BCUT2D eigenvalue weighted by molar-refractivity contribution is 5.49. The van der Waals surface area contributed by atoms with Crippen LogP contribution < -0.4 is 11.1 Å². The summed E-state index contributed by atoms with van der Waals surface area (Å²) in [6.45, 7) is -0.0777. The van der Waals surface area contributed by atoms with Gasteiger partial charge in [-0.25, -0.2) is 9.37 Å². The third-order valence-electron chi connectivity index (χ3n) is 1.20. The number of nitrogens with zero attached hydrogens (tertiary/aromatic N) is 1. The minimum Gasteiger partial charge on any atom is -0.384 e. The van der Waals surface area contributed by atoms with E-state index in [9.17, 15) is 4.39 Å². The highest BCUT2D eigenvalue weighted by Crippen LogP contribution is 2.07. The Morgan fingerprint density at radius 1 is 1.64 bits per heavy atom. The number of halogens is 1. The van der Waals surface area contributed by atoms with Crippen LogP contribution in [-0.4, -0.2) is 18.2 Å². The van der Waals surface area contributed by atoms with Crippen molar-refractivity contribution in [2.24, 2.45) is 0 Å². The fraction of sp³-hybridized carbons (Fsp3) is 0.286. The van der Waals surface area contributed by atoms with E-state index < -0.39 is 0 Å². The standard InChI is InChI=1S/C7H10FN3/c8-2-4-10-6-1-3-11-7(9)5-6/h1,3,5H,2,4H2,(H3,9,10,11). The van der Waals surface area contributed by atoms with Gasteiger partial charge >= 0.3 is 0 Å². The molecule has 0 saturated carbocycles. The average molecular weight is 155 g/mol. The second-order valence-corrected chi connectivity index (χ2v) is 2.09. The second-order valence-electron chi connectivity index (χ2n) is 2.09. The summed E-state index contributed by atoms with van der Waals surface area (Å²) in [5, 5.41) is 2.84. The van der Waals surface area contributed by atoms with E-state index in [1.165, 1.54) is 0 Å². The van der Waals surface area contributed by atoms with Gasteiger partial charge in [0.05, 0.1) is 0 Å². The van der Waals surface area contributed by atoms with Crippen LogP contribution in [0.4, 0.5) is 15.9 Å². The maximum atomic E-state index is 11.7. The van der Waals surface area contributed by atoms with Gasteiger partial charge in [0.2, 0.25) is 0 Å². The van der Waals surface area contributed by atoms with Crippen molar-refractivity contribution in [3.63, 3.8) is 0 Å². The Morgan fingerprint density at radius 3 is 3.09 bits per heavy atom. The molecule has 0 radical (unpaired) electrons. The Labute approximate surface area is 64.4 Å². The van der Waals surface area contributed by atoms with Gasteiger partial charge in [0.25, 0.3) is 0 Å². The van der Waals surface area contributed by atoms with E-state index in [-0.39, 0.29) is 6.67 Å². The first kappa shape index (κ1) is 7.78. The lowest BCUT2D eigenvalue weighted by Crippen LogP contribution is -2.03. The summed E-state index contributed by atoms with van der Waals surface area (Å²) in [5.74, 6) is 0.439. The van der Waals surface area contributed by atoms with E-state index in [1.54, 1.807) is 18.3 Å². The molecular weight excluding hydrogens is 145 g/mol. The van der Waals surface area contributed by atoms with Crippen LogP contribution in [0.3, 0.4) is 0 Å². The lowest BCUT2D eigenvalue weighted by molar-refractivity contribution is 0.513. The van der Waals surface area contributed by atoms with E-state index in [4.69, 9.17) is 5.73 Å². The van der Waals surface area contributed by atoms with Crippen LogP contribution >= 0.6 is 0 Å². The fourth-order valence-corrected chi connectivity index (χ4v) is 0.750. The number of pyridine rings is 1. The first-order valence-corrected chi connectivity index (χ1v) is 3.34. The summed E-state index contributed by atoms with van der Waals surface area (Å²) in [7, 11) is 0. The molecule has 0 fully saturated rings. The SMILES string of the molecule is Nc1cc(NCCF)ccn1. The zero-order valence-corrected chi connectivity index (χ0v) is 6.05. The summed E-state index contributed by atoms with van der Waals surface area (Å²) < 4.78 is 11.7. The number of hydrogen-bond acceptors (Lipinski definition) is 3. The van der Waals surface area contributed by atoms with Gasteiger partial charge < -0.3 is 11.1 Å². The van der Waals surface area contributed by atoms with E-state index in [0.29, 0.717) is 12.4 Å². The lowest BCUT2D eigenvalue weighted by Gasteiger charge is -2.02. The zero-order valence-electron chi connectivity index (χ0n) is 6.05. The van der Waals surface area contributed by atoms with Crippen molar-refractivity contribution in [1.82, 2.24) is 4.98 Å². The molecule has 0 aliphatic carbocycles. The third kappa shape index (κ3) is 2.41. The van der Waals surface area contributed by atoms with Crippen LogP contribution in [-0.2, 0) is 0 Å². The van der Waals surface area contributed by atoms with Crippen molar-refractivity contribution < 1.29 is 4.39 Å². The lowest BCUT2D eigenvalue weighted by atomic mass is 10.4. The van der Waals surface area contributed by atoms with Crippen LogP contribution in [0, 0.1) is 0 Å². The highest BCUT2D eigenvalue weighted by Gasteiger charge is 1.90. The molecule has 0 saturated heterocycles. The smallest absolute Gasteiger partial charge is 0.125 e. The monoisotopic (exact) mass is 155 g/mol. The van der Waals surface area contributed by atoms with Gasteiger partial charge in [-0.15, -0.1) is 0 Å². The van der Waals surface area contributed by atoms with Crippen LogP contribution in [0.5, 0.6) is 0 Å². The van der Waals surface area contributed by atoms with E-state index in [2.05, 4.69) is 10.3 Å². The van der Waals surface area contributed by atoms with E-state index in [0.717, 1.165) is 5.69 Å². The Balaban J connectivity index is 2.56. The minimum atomic E-state index is -0.387. The molecule has 1 aromatic heterocycles. The summed E-state index contributed by atoms with van der Waals surface area (Å²) in [6.07, 6.45) is 1.58. The topological polar surface area (TPSA) is 50.9 Å². The Bertz CT molecular complexity index is 227. The molecule has 0 spiro atoms.